The predicted octanol–water partition coefficient (Wildman–Crippen LogP) is 3.09. The van der Waals surface area contributed by atoms with Crippen LogP contribution in [0.5, 0.6) is 5.75 Å². The fraction of sp³-hybridized carbons (Fsp3) is 0.471. The minimum Gasteiger partial charge on any atom is -0.497 e. The van der Waals surface area contributed by atoms with Crippen LogP contribution in [0.25, 0.3) is 0 Å². The van der Waals surface area contributed by atoms with Gasteiger partial charge in [-0.25, -0.2) is 4.98 Å². The Morgan fingerprint density at radius 3 is 2.59 bits per heavy atom. The summed E-state index contributed by atoms with van der Waals surface area (Å²) in [6.07, 6.45) is 0. The van der Waals surface area contributed by atoms with Crippen molar-refractivity contribution in [2.24, 2.45) is 0 Å². The zero-order valence-electron chi connectivity index (χ0n) is 13.5. The van der Waals surface area contributed by atoms with E-state index in [-0.39, 0.29) is 0 Å². The van der Waals surface area contributed by atoms with Gasteiger partial charge in [0.2, 0.25) is 0 Å². The summed E-state index contributed by atoms with van der Waals surface area (Å²) in [5, 5.41) is 1.17. The SMILES string of the molecule is COc1cccc(N2CCN(Cc3sc(C)nc3C)CC2)c1. The molecule has 1 aliphatic rings. The lowest BCUT2D eigenvalue weighted by molar-refractivity contribution is 0.251. The highest BCUT2D eigenvalue weighted by atomic mass is 32.1. The third-order valence-electron chi connectivity index (χ3n) is 4.16. The number of aryl methyl sites for hydroxylation is 2. The number of thiazole rings is 1. The molecule has 0 aliphatic carbocycles. The normalized spacial score (nSPS) is 16.0. The maximum atomic E-state index is 5.32. The van der Waals surface area contributed by atoms with E-state index in [9.17, 15) is 0 Å². The van der Waals surface area contributed by atoms with Crippen molar-refractivity contribution >= 4 is 17.0 Å². The van der Waals surface area contributed by atoms with Crippen molar-refractivity contribution < 1.29 is 4.74 Å². The van der Waals surface area contributed by atoms with E-state index in [1.54, 1.807) is 7.11 Å². The first kappa shape index (κ1) is 15.3. The molecule has 5 heteroatoms. The molecule has 4 nitrogen and oxygen atoms in total. The van der Waals surface area contributed by atoms with Crippen molar-refractivity contribution in [2.75, 3.05) is 38.2 Å². The fourth-order valence-corrected chi connectivity index (χ4v) is 3.87. The number of hydrogen-bond acceptors (Lipinski definition) is 5. The Kier molecular flexibility index (Phi) is 4.64. The van der Waals surface area contributed by atoms with Crippen molar-refractivity contribution in [1.82, 2.24) is 9.88 Å². The molecular weight excluding hydrogens is 294 g/mol. The van der Waals surface area contributed by atoms with E-state index >= 15 is 0 Å². The van der Waals surface area contributed by atoms with Crippen molar-refractivity contribution in [2.45, 2.75) is 20.4 Å². The third kappa shape index (κ3) is 3.42. The number of nitrogens with zero attached hydrogens (tertiary/aromatic N) is 3. The molecule has 0 radical (unpaired) electrons. The van der Waals surface area contributed by atoms with Crippen molar-refractivity contribution in [3.05, 3.63) is 39.8 Å². The molecule has 1 fully saturated rings. The topological polar surface area (TPSA) is 28.6 Å². The number of aromatic nitrogens is 1. The molecule has 1 aromatic heterocycles. The summed E-state index contributed by atoms with van der Waals surface area (Å²) in [4.78, 5) is 10.9. The molecule has 2 heterocycles. The second-order valence-corrected chi connectivity index (χ2v) is 6.99. The van der Waals surface area contributed by atoms with E-state index < -0.39 is 0 Å². The monoisotopic (exact) mass is 317 g/mol. The molecule has 0 unspecified atom stereocenters. The van der Waals surface area contributed by atoms with E-state index in [2.05, 4.69) is 46.8 Å². The van der Waals surface area contributed by atoms with Crippen LogP contribution in [-0.2, 0) is 6.54 Å². The minimum absolute atomic E-state index is 0.927. The standard InChI is InChI=1S/C17H23N3OS/c1-13-17(22-14(2)18-13)12-19-7-9-20(10-8-19)15-5-4-6-16(11-15)21-3/h4-6,11H,7-10,12H2,1-3H3. The van der Waals surface area contributed by atoms with Crippen molar-refractivity contribution in [3.63, 3.8) is 0 Å². The molecule has 0 saturated carbocycles. The first-order valence-corrected chi connectivity index (χ1v) is 8.51. The first-order valence-electron chi connectivity index (χ1n) is 7.70. The van der Waals surface area contributed by atoms with E-state index in [0.717, 1.165) is 38.5 Å². The Morgan fingerprint density at radius 2 is 1.95 bits per heavy atom. The lowest BCUT2D eigenvalue weighted by Crippen LogP contribution is -2.45. The van der Waals surface area contributed by atoms with Crippen molar-refractivity contribution in [1.29, 1.82) is 0 Å². The summed E-state index contributed by atoms with van der Waals surface area (Å²) in [6.45, 7) is 9.53. The second kappa shape index (κ2) is 6.67. The molecule has 0 bridgehead atoms. The predicted molar refractivity (Wildman–Crippen MR) is 92.1 cm³/mol. The van der Waals surface area contributed by atoms with Gasteiger partial charge in [0.15, 0.2) is 0 Å². The van der Waals surface area contributed by atoms with Crippen LogP contribution in [0.2, 0.25) is 0 Å². The number of hydrogen-bond donors (Lipinski definition) is 0. The maximum Gasteiger partial charge on any atom is 0.120 e. The summed E-state index contributed by atoms with van der Waals surface area (Å²) < 4.78 is 5.32. The Balaban J connectivity index is 1.59. The molecule has 1 aliphatic heterocycles. The van der Waals surface area contributed by atoms with Gasteiger partial charge in [0.1, 0.15) is 5.75 Å². The van der Waals surface area contributed by atoms with E-state index in [4.69, 9.17) is 4.74 Å². The molecule has 2 aromatic rings. The lowest BCUT2D eigenvalue weighted by Gasteiger charge is -2.36. The zero-order chi connectivity index (χ0) is 15.5. The summed E-state index contributed by atoms with van der Waals surface area (Å²) in [5.41, 5.74) is 2.45. The average molecular weight is 317 g/mol. The van der Waals surface area contributed by atoms with Crippen molar-refractivity contribution in [3.8, 4) is 5.75 Å². The number of rotatable bonds is 4. The largest absolute Gasteiger partial charge is 0.497 e. The average Bonchev–Trinajstić information content (AvgIpc) is 2.86. The number of methoxy groups -OCH3 is 1. The smallest absolute Gasteiger partial charge is 0.120 e. The number of ether oxygens (including phenoxy) is 1. The van der Waals surface area contributed by atoms with Gasteiger partial charge in [-0.15, -0.1) is 11.3 Å². The van der Waals surface area contributed by atoms with Gasteiger partial charge in [-0.1, -0.05) is 6.07 Å². The molecule has 0 spiro atoms. The summed E-state index contributed by atoms with van der Waals surface area (Å²) in [5.74, 6) is 0.927. The van der Waals surface area contributed by atoms with Gasteiger partial charge >= 0.3 is 0 Å². The Hall–Kier alpha value is -1.59. The van der Waals surface area contributed by atoms with Crippen LogP contribution in [0.15, 0.2) is 24.3 Å². The molecule has 1 saturated heterocycles. The van der Waals surface area contributed by atoms with Gasteiger partial charge in [0.05, 0.1) is 17.8 Å². The van der Waals surface area contributed by atoms with Crippen LogP contribution in [0.1, 0.15) is 15.6 Å². The van der Waals surface area contributed by atoms with Crippen LogP contribution in [-0.4, -0.2) is 43.2 Å². The van der Waals surface area contributed by atoms with Crippen LogP contribution in [0.4, 0.5) is 5.69 Å². The molecule has 118 valence electrons. The second-order valence-electron chi connectivity index (χ2n) is 5.71. The Morgan fingerprint density at radius 1 is 1.18 bits per heavy atom. The molecule has 0 amide bonds. The van der Waals surface area contributed by atoms with E-state index in [1.807, 2.05) is 17.4 Å². The van der Waals surface area contributed by atoms with Crippen LogP contribution in [0.3, 0.4) is 0 Å². The molecule has 0 N–H and O–H groups in total. The van der Waals surface area contributed by atoms with E-state index in [0.29, 0.717) is 0 Å². The van der Waals surface area contributed by atoms with Gasteiger partial charge in [0, 0.05) is 49.4 Å². The molecule has 22 heavy (non-hydrogen) atoms. The van der Waals surface area contributed by atoms with Gasteiger partial charge in [-0.2, -0.15) is 0 Å². The Bertz CT molecular complexity index is 633. The van der Waals surface area contributed by atoms with Crippen LogP contribution < -0.4 is 9.64 Å². The van der Waals surface area contributed by atoms with Crippen LogP contribution >= 0.6 is 11.3 Å². The number of benzene rings is 1. The van der Waals surface area contributed by atoms with Gasteiger partial charge < -0.3 is 9.64 Å². The Labute approximate surface area is 136 Å². The highest BCUT2D eigenvalue weighted by Gasteiger charge is 2.19. The summed E-state index contributed by atoms with van der Waals surface area (Å²) in [6, 6.07) is 8.33. The quantitative estimate of drug-likeness (QED) is 0.866. The minimum atomic E-state index is 0.927. The number of anilines is 1. The highest BCUT2D eigenvalue weighted by Crippen LogP contribution is 2.24. The summed E-state index contributed by atoms with van der Waals surface area (Å²) in [7, 11) is 1.72. The van der Waals surface area contributed by atoms with Gasteiger partial charge in [0.25, 0.3) is 0 Å². The third-order valence-corrected chi connectivity index (χ3v) is 5.22. The lowest BCUT2D eigenvalue weighted by atomic mass is 10.2. The molecule has 0 atom stereocenters. The number of piperazine rings is 1. The van der Waals surface area contributed by atoms with Gasteiger partial charge in [-0.05, 0) is 26.0 Å². The zero-order valence-corrected chi connectivity index (χ0v) is 14.3. The van der Waals surface area contributed by atoms with Crippen LogP contribution in [0, 0.1) is 13.8 Å². The van der Waals surface area contributed by atoms with E-state index in [1.165, 1.54) is 21.3 Å². The highest BCUT2D eigenvalue weighted by molar-refractivity contribution is 7.11. The molecule has 1 aromatic carbocycles. The molecule has 3 rings (SSSR count). The molecular formula is C17H23N3OS. The first-order chi connectivity index (χ1) is 10.7. The summed E-state index contributed by atoms with van der Waals surface area (Å²) >= 11 is 1.83. The van der Waals surface area contributed by atoms with Gasteiger partial charge in [-0.3, -0.25) is 4.90 Å². The fourth-order valence-electron chi connectivity index (χ4n) is 2.89. The maximum absolute atomic E-state index is 5.32.